The van der Waals surface area contributed by atoms with E-state index >= 15 is 0 Å². The molecule has 1 aromatic rings. The predicted octanol–water partition coefficient (Wildman–Crippen LogP) is 0.508. The van der Waals surface area contributed by atoms with E-state index in [0.717, 1.165) is 5.56 Å². The van der Waals surface area contributed by atoms with E-state index in [1.54, 1.807) is 12.4 Å². The third kappa shape index (κ3) is 3.91. The first-order valence-electron chi connectivity index (χ1n) is 6.80. The van der Waals surface area contributed by atoms with Crippen molar-refractivity contribution in [3.05, 3.63) is 30.1 Å². The van der Waals surface area contributed by atoms with Gasteiger partial charge in [-0.2, -0.15) is 0 Å². The van der Waals surface area contributed by atoms with Crippen LogP contribution in [0.3, 0.4) is 0 Å². The van der Waals surface area contributed by atoms with Gasteiger partial charge in [0.2, 0.25) is 0 Å². The van der Waals surface area contributed by atoms with Gasteiger partial charge in [0.25, 0.3) is 0 Å². The van der Waals surface area contributed by atoms with Gasteiger partial charge >= 0.3 is 12.0 Å². The summed E-state index contributed by atoms with van der Waals surface area (Å²) in [4.78, 5) is 28.6. The van der Waals surface area contributed by atoms with E-state index in [-0.39, 0.29) is 12.1 Å². The van der Waals surface area contributed by atoms with Gasteiger partial charge < -0.3 is 20.1 Å². The van der Waals surface area contributed by atoms with Crippen molar-refractivity contribution in [1.29, 1.82) is 0 Å². The lowest BCUT2D eigenvalue weighted by Crippen LogP contribution is -2.46. The Kier molecular flexibility index (Phi) is 5.10. The van der Waals surface area contributed by atoms with Gasteiger partial charge in [0.05, 0.1) is 6.10 Å². The minimum Gasteiger partial charge on any atom is -0.480 e. The number of carbonyl (C=O) groups is 2. The lowest BCUT2D eigenvalue weighted by Gasteiger charge is -2.21. The van der Waals surface area contributed by atoms with Crippen LogP contribution < -0.4 is 5.32 Å². The SMILES string of the molecule is COC1CC(C(=O)O)N(C(=O)NCCc2cccnc2)C1. The van der Waals surface area contributed by atoms with Crippen molar-refractivity contribution < 1.29 is 19.4 Å². The highest BCUT2D eigenvalue weighted by molar-refractivity contribution is 5.83. The molecule has 1 aliphatic rings. The van der Waals surface area contributed by atoms with Gasteiger partial charge in [0, 0.05) is 39.0 Å². The first-order valence-corrected chi connectivity index (χ1v) is 6.80. The number of carboxylic acid groups (broad SMARTS) is 1. The van der Waals surface area contributed by atoms with Crippen molar-refractivity contribution >= 4 is 12.0 Å². The van der Waals surface area contributed by atoms with Crippen LogP contribution in [0.15, 0.2) is 24.5 Å². The number of hydrogen-bond acceptors (Lipinski definition) is 4. The lowest BCUT2D eigenvalue weighted by molar-refractivity contribution is -0.141. The minimum absolute atomic E-state index is 0.227. The van der Waals surface area contributed by atoms with Gasteiger partial charge in [0.15, 0.2) is 0 Å². The number of carboxylic acids is 1. The summed E-state index contributed by atoms with van der Waals surface area (Å²) in [6, 6.07) is 2.57. The van der Waals surface area contributed by atoms with Crippen molar-refractivity contribution in [3.63, 3.8) is 0 Å². The fraction of sp³-hybridized carbons (Fsp3) is 0.500. The average molecular weight is 293 g/mol. The van der Waals surface area contributed by atoms with E-state index in [1.807, 2.05) is 12.1 Å². The number of aromatic nitrogens is 1. The molecular weight excluding hydrogens is 274 g/mol. The molecule has 7 nitrogen and oxygen atoms in total. The maximum absolute atomic E-state index is 12.1. The highest BCUT2D eigenvalue weighted by atomic mass is 16.5. The van der Waals surface area contributed by atoms with Crippen LogP contribution >= 0.6 is 0 Å². The van der Waals surface area contributed by atoms with E-state index in [0.29, 0.717) is 25.9 Å². The van der Waals surface area contributed by atoms with Crippen LogP contribution in [0.1, 0.15) is 12.0 Å². The Labute approximate surface area is 122 Å². The second-order valence-electron chi connectivity index (χ2n) is 4.94. The molecule has 2 unspecified atom stereocenters. The molecule has 1 fully saturated rings. The fourth-order valence-corrected chi connectivity index (χ4v) is 2.39. The maximum atomic E-state index is 12.1. The second-order valence-corrected chi connectivity index (χ2v) is 4.94. The van der Waals surface area contributed by atoms with Crippen LogP contribution in [0.5, 0.6) is 0 Å². The highest BCUT2D eigenvalue weighted by Gasteiger charge is 2.39. The molecule has 0 aromatic carbocycles. The number of methoxy groups -OCH3 is 1. The molecule has 2 atom stereocenters. The molecule has 7 heteroatoms. The monoisotopic (exact) mass is 293 g/mol. The molecule has 0 radical (unpaired) electrons. The lowest BCUT2D eigenvalue weighted by atomic mass is 10.2. The summed E-state index contributed by atoms with van der Waals surface area (Å²) in [5, 5.41) is 11.9. The van der Waals surface area contributed by atoms with Crippen molar-refractivity contribution in [2.24, 2.45) is 0 Å². The third-order valence-electron chi connectivity index (χ3n) is 3.55. The molecule has 2 amide bonds. The number of hydrogen-bond donors (Lipinski definition) is 2. The first kappa shape index (κ1) is 15.2. The smallest absolute Gasteiger partial charge is 0.326 e. The summed E-state index contributed by atoms with van der Waals surface area (Å²) in [5.74, 6) is -1.00. The zero-order valence-electron chi connectivity index (χ0n) is 11.9. The molecule has 21 heavy (non-hydrogen) atoms. The Morgan fingerprint density at radius 1 is 1.57 bits per heavy atom. The Morgan fingerprint density at radius 2 is 2.38 bits per heavy atom. The van der Waals surface area contributed by atoms with Crippen LogP contribution in [-0.4, -0.2) is 59.3 Å². The molecule has 0 saturated carbocycles. The van der Waals surface area contributed by atoms with Crippen LogP contribution in [0.4, 0.5) is 4.79 Å². The third-order valence-corrected chi connectivity index (χ3v) is 3.55. The summed E-state index contributed by atoms with van der Waals surface area (Å²) in [6.07, 6.45) is 4.17. The Bertz CT molecular complexity index is 494. The summed E-state index contributed by atoms with van der Waals surface area (Å²) >= 11 is 0. The molecule has 114 valence electrons. The fourth-order valence-electron chi connectivity index (χ4n) is 2.39. The Morgan fingerprint density at radius 3 is 3.00 bits per heavy atom. The van der Waals surface area contributed by atoms with Crippen molar-refractivity contribution in [3.8, 4) is 0 Å². The van der Waals surface area contributed by atoms with Gasteiger partial charge in [-0.05, 0) is 18.1 Å². The number of pyridine rings is 1. The molecule has 0 aliphatic carbocycles. The molecule has 1 aliphatic heterocycles. The standard InChI is InChI=1S/C14H19N3O4/c1-21-11-7-12(13(18)19)17(9-11)14(20)16-6-4-10-3-2-5-15-8-10/h2-3,5,8,11-12H,4,6-7,9H2,1H3,(H,16,20)(H,18,19). The first-order chi connectivity index (χ1) is 10.1. The van der Waals surface area contributed by atoms with Gasteiger partial charge in [0.1, 0.15) is 6.04 Å². The predicted molar refractivity (Wildman–Crippen MR) is 74.9 cm³/mol. The Balaban J connectivity index is 1.85. The van der Waals surface area contributed by atoms with E-state index in [1.165, 1.54) is 12.0 Å². The summed E-state index contributed by atoms with van der Waals surface area (Å²) < 4.78 is 5.15. The van der Waals surface area contributed by atoms with Gasteiger partial charge in [-0.15, -0.1) is 0 Å². The van der Waals surface area contributed by atoms with Crippen molar-refractivity contribution in [2.75, 3.05) is 20.2 Å². The van der Waals surface area contributed by atoms with E-state index in [9.17, 15) is 9.59 Å². The summed E-state index contributed by atoms with van der Waals surface area (Å²) in [5.41, 5.74) is 1.02. The van der Waals surface area contributed by atoms with Crippen LogP contribution in [0.25, 0.3) is 0 Å². The quantitative estimate of drug-likeness (QED) is 0.825. The van der Waals surface area contributed by atoms with E-state index < -0.39 is 12.0 Å². The molecule has 0 bridgehead atoms. The normalized spacial score (nSPS) is 21.3. The van der Waals surface area contributed by atoms with E-state index in [2.05, 4.69) is 10.3 Å². The number of carbonyl (C=O) groups excluding carboxylic acids is 1. The van der Waals surface area contributed by atoms with Crippen LogP contribution in [-0.2, 0) is 16.0 Å². The number of nitrogens with one attached hydrogen (secondary N) is 1. The van der Waals surface area contributed by atoms with Gasteiger partial charge in [-0.25, -0.2) is 9.59 Å². The van der Waals surface area contributed by atoms with Crippen LogP contribution in [0.2, 0.25) is 0 Å². The number of ether oxygens (including phenoxy) is 1. The van der Waals surface area contributed by atoms with E-state index in [4.69, 9.17) is 9.84 Å². The summed E-state index contributed by atoms with van der Waals surface area (Å²) in [6.45, 7) is 0.733. The number of rotatable bonds is 5. The second kappa shape index (κ2) is 7.03. The molecular formula is C14H19N3O4. The molecule has 1 saturated heterocycles. The zero-order valence-corrected chi connectivity index (χ0v) is 11.9. The molecule has 2 heterocycles. The maximum Gasteiger partial charge on any atom is 0.326 e. The van der Waals surface area contributed by atoms with Crippen molar-refractivity contribution in [2.45, 2.75) is 25.0 Å². The summed E-state index contributed by atoms with van der Waals surface area (Å²) in [7, 11) is 1.52. The largest absolute Gasteiger partial charge is 0.480 e. The molecule has 2 N–H and O–H groups in total. The van der Waals surface area contributed by atoms with Crippen LogP contribution in [0, 0.1) is 0 Å². The number of urea groups is 1. The number of nitrogens with zero attached hydrogens (tertiary/aromatic N) is 2. The molecule has 0 spiro atoms. The van der Waals surface area contributed by atoms with Gasteiger partial charge in [-0.1, -0.05) is 6.07 Å². The molecule has 1 aromatic heterocycles. The number of amides is 2. The van der Waals surface area contributed by atoms with Crippen molar-refractivity contribution in [1.82, 2.24) is 15.2 Å². The van der Waals surface area contributed by atoms with Gasteiger partial charge in [-0.3, -0.25) is 4.98 Å². The minimum atomic E-state index is -1.00. The Hall–Kier alpha value is -2.15. The average Bonchev–Trinajstić information content (AvgIpc) is 2.93. The number of likely N-dealkylation sites (tertiary alicyclic amines) is 1. The highest BCUT2D eigenvalue weighted by Crippen LogP contribution is 2.20. The molecule has 2 rings (SSSR count). The number of aliphatic carboxylic acids is 1. The zero-order chi connectivity index (χ0) is 15.2. The topological polar surface area (TPSA) is 91.8 Å².